The number of unbranched alkanes of at least 4 members (excludes halogenated alkanes) is 8. The highest BCUT2D eigenvalue weighted by atomic mass is 32.1. The van der Waals surface area contributed by atoms with Crippen molar-refractivity contribution in [2.75, 3.05) is 5.32 Å². The lowest BCUT2D eigenvalue weighted by atomic mass is 10.1. The van der Waals surface area contributed by atoms with Gasteiger partial charge in [-0.05, 0) is 29.9 Å². The molecule has 1 aromatic heterocycles. The number of esters is 1. The number of nitro groups is 1. The van der Waals surface area contributed by atoms with Gasteiger partial charge in [-0.15, -0.1) is 0 Å². The predicted octanol–water partition coefficient (Wildman–Crippen LogP) is 6.13. The molecular formula is C22H29N3O5S. The van der Waals surface area contributed by atoms with Gasteiger partial charge in [0.15, 0.2) is 5.13 Å². The molecule has 2 rings (SSSR count). The first-order chi connectivity index (χ1) is 15.0. The Labute approximate surface area is 186 Å². The van der Waals surface area contributed by atoms with Crippen molar-refractivity contribution < 1.29 is 19.2 Å². The lowest BCUT2D eigenvalue weighted by molar-refractivity contribution is -0.380. The number of carbonyl (C=O) groups is 2. The Hall–Kier alpha value is -2.81. The molecule has 0 radical (unpaired) electrons. The number of benzene rings is 1. The second kappa shape index (κ2) is 13.5. The summed E-state index contributed by atoms with van der Waals surface area (Å²) in [6, 6.07) is 6.40. The predicted molar refractivity (Wildman–Crippen MR) is 121 cm³/mol. The van der Waals surface area contributed by atoms with Crippen LogP contribution in [0.15, 0.2) is 30.5 Å². The van der Waals surface area contributed by atoms with E-state index < -0.39 is 10.8 Å². The third-order valence-corrected chi connectivity index (χ3v) is 5.60. The molecule has 1 aromatic carbocycles. The monoisotopic (exact) mass is 447 g/mol. The summed E-state index contributed by atoms with van der Waals surface area (Å²) in [5.74, 6) is -0.768. The van der Waals surface area contributed by atoms with Gasteiger partial charge in [0, 0.05) is 6.42 Å². The van der Waals surface area contributed by atoms with E-state index in [1.165, 1.54) is 44.6 Å². The van der Waals surface area contributed by atoms with E-state index in [9.17, 15) is 19.7 Å². The van der Waals surface area contributed by atoms with Crippen molar-refractivity contribution in [3.8, 4) is 5.75 Å². The van der Waals surface area contributed by atoms with Crippen LogP contribution in [0.5, 0.6) is 5.75 Å². The highest BCUT2D eigenvalue weighted by Crippen LogP contribution is 2.27. The maximum Gasteiger partial charge on any atom is 0.345 e. The molecular weight excluding hydrogens is 418 g/mol. The molecule has 8 nitrogen and oxygen atoms in total. The lowest BCUT2D eigenvalue weighted by Crippen LogP contribution is -2.15. The van der Waals surface area contributed by atoms with Crippen LogP contribution in [0.4, 0.5) is 10.1 Å². The molecule has 0 aliphatic heterocycles. The number of amides is 1. The summed E-state index contributed by atoms with van der Waals surface area (Å²) in [4.78, 5) is 38.7. The van der Waals surface area contributed by atoms with Crippen LogP contribution in [0, 0.1) is 10.1 Å². The van der Waals surface area contributed by atoms with E-state index in [-0.39, 0.29) is 27.4 Å². The first kappa shape index (κ1) is 24.5. The Bertz CT molecular complexity index is 868. The number of anilines is 1. The minimum Gasteiger partial charge on any atom is -0.426 e. The standard InChI is InChI=1S/C22H29N3O5S/c1-2-3-4-5-6-7-8-9-10-15-20(26)30-18-14-12-11-13-17(18)21(27)24-22-23-16-19(31-22)25(28)29/h11-14,16H,2-10,15H2,1H3,(H,23,24,27). The van der Waals surface area contributed by atoms with Gasteiger partial charge in [-0.1, -0.05) is 70.4 Å². The Morgan fingerprint density at radius 1 is 1.06 bits per heavy atom. The first-order valence-corrected chi connectivity index (χ1v) is 11.5. The highest BCUT2D eigenvalue weighted by molar-refractivity contribution is 7.18. The number of nitrogens with one attached hydrogen (secondary N) is 1. The fraction of sp³-hybridized carbons (Fsp3) is 0.500. The molecule has 168 valence electrons. The number of nitrogens with zero attached hydrogens (tertiary/aromatic N) is 2. The third-order valence-electron chi connectivity index (χ3n) is 4.73. The van der Waals surface area contributed by atoms with Gasteiger partial charge in [0.25, 0.3) is 5.91 Å². The van der Waals surface area contributed by atoms with Crippen LogP contribution in [-0.4, -0.2) is 21.8 Å². The van der Waals surface area contributed by atoms with Crippen molar-refractivity contribution in [2.24, 2.45) is 0 Å². The molecule has 1 heterocycles. The molecule has 0 bridgehead atoms. The van der Waals surface area contributed by atoms with E-state index >= 15 is 0 Å². The van der Waals surface area contributed by atoms with Crippen molar-refractivity contribution >= 4 is 33.3 Å². The maximum absolute atomic E-state index is 12.5. The van der Waals surface area contributed by atoms with Crippen molar-refractivity contribution in [2.45, 2.75) is 71.1 Å². The zero-order valence-electron chi connectivity index (χ0n) is 17.8. The topological polar surface area (TPSA) is 111 Å². The number of rotatable bonds is 14. The molecule has 0 unspecified atom stereocenters. The van der Waals surface area contributed by atoms with E-state index in [1.54, 1.807) is 18.2 Å². The third kappa shape index (κ3) is 8.84. The summed E-state index contributed by atoms with van der Waals surface area (Å²) in [7, 11) is 0. The smallest absolute Gasteiger partial charge is 0.345 e. The second-order valence-electron chi connectivity index (χ2n) is 7.26. The summed E-state index contributed by atoms with van der Waals surface area (Å²) in [5, 5.41) is 13.2. The van der Waals surface area contributed by atoms with Crippen LogP contribution < -0.4 is 10.1 Å². The molecule has 2 aromatic rings. The summed E-state index contributed by atoms with van der Waals surface area (Å²) in [5.41, 5.74) is 0.167. The van der Waals surface area contributed by atoms with Crippen LogP contribution in [-0.2, 0) is 4.79 Å². The summed E-state index contributed by atoms with van der Waals surface area (Å²) in [6.45, 7) is 2.21. The Balaban J connectivity index is 1.77. The zero-order chi connectivity index (χ0) is 22.5. The highest BCUT2D eigenvalue weighted by Gasteiger charge is 2.18. The molecule has 0 fully saturated rings. The Morgan fingerprint density at radius 3 is 2.35 bits per heavy atom. The van der Waals surface area contributed by atoms with Crippen LogP contribution >= 0.6 is 11.3 Å². The van der Waals surface area contributed by atoms with Gasteiger partial charge in [0.05, 0.1) is 10.5 Å². The number of para-hydroxylation sites is 1. The van der Waals surface area contributed by atoms with Gasteiger partial charge in [-0.2, -0.15) is 0 Å². The SMILES string of the molecule is CCCCCCCCCCCC(=O)Oc1ccccc1C(=O)Nc1ncc([N+](=O)[O-])s1. The number of carbonyl (C=O) groups excluding carboxylic acids is 2. The normalized spacial score (nSPS) is 10.6. The van der Waals surface area contributed by atoms with Crippen molar-refractivity contribution in [3.63, 3.8) is 0 Å². The number of hydrogen-bond acceptors (Lipinski definition) is 7. The second-order valence-corrected chi connectivity index (χ2v) is 8.27. The summed E-state index contributed by atoms with van der Waals surface area (Å²) >= 11 is 0.757. The fourth-order valence-corrected chi connectivity index (χ4v) is 3.70. The average molecular weight is 448 g/mol. The molecule has 0 saturated carbocycles. The summed E-state index contributed by atoms with van der Waals surface area (Å²) in [6.07, 6.45) is 11.8. The van der Waals surface area contributed by atoms with Gasteiger partial charge in [0.2, 0.25) is 0 Å². The summed E-state index contributed by atoms with van der Waals surface area (Å²) < 4.78 is 5.39. The molecule has 0 aliphatic carbocycles. The quantitative estimate of drug-likeness (QED) is 0.123. The van der Waals surface area contributed by atoms with E-state index in [1.807, 2.05) is 0 Å². The van der Waals surface area contributed by atoms with E-state index in [4.69, 9.17) is 4.74 Å². The lowest BCUT2D eigenvalue weighted by Gasteiger charge is -2.09. The molecule has 0 aliphatic rings. The van der Waals surface area contributed by atoms with Crippen molar-refractivity contribution in [1.29, 1.82) is 0 Å². The van der Waals surface area contributed by atoms with Crippen LogP contribution in [0.2, 0.25) is 0 Å². The maximum atomic E-state index is 12.5. The molecule has 0 atom stereocenters. The Morgan fingerprint density at radius 2 is 1.71 bits per heavy atom. The van der Waals surface area contributed by atoms with Gasteiger partial charge in [-0.3, -0.25) is 25.0 Å². The van der Waals surface area contributed by atoms with Gasteiger partial charge < -0.3 is 4.74 Å². The van der Waals surface area contributed by atoms with Crippen LogP contribution in [0.3, 0.4) is 0 Å². The minimum atomic E-state index is -0.574. The van der Waals surface area contributed by atoms with E-state index in [2.05, 4.69) is 17.2 Å². The number of ether oxygens (including phenoxy) is 1. The van der Waals surface area contributed by atoms with E-state index in [0.29, 0.717) is 6.42 Å². The number of hydrogen-bond donors (Lipinski definition) is 1. The zero-order valence-corrected chi connectivity index (χ0v) is 18.6. The number of aromatic nitrogens is 1. The largest absolute Gasteiger partial charge is 0.426 e. The fourth-order valence-electron chi connectivity index (χ4n) is 3.07. The van der Waals surface area contributed by atoms with Crippen LogP contribution in [0.25, 0.3) is 0 Å². The molecule has 0 saturated heterocycles. The molecule has 1 amide bonds. The van der Waals surface area contributed by atoms with Crippen molar-refractivity contribution in [3.05, 3.63) is 46.1 Å². The minimum absolute atomic E-state index is 0.104. The molecule has 31 heavy (non-hydrogen) atoms. The van der Waals surface area contributed by atoms with Crippen molar-refractivity contribution in [1.82, 2.24) is 4.98 Å². The Kier molecular flexibility index (Phi) is 10.6. The van der Waals surface area contributed by atoms with Crippen LogP contribution in [0.1, 0.15) is 81.5 Å². The van der Waals surface area contributed by atoms with Gasteiger partial charge in [0.1, 0.15) is 11.9 Å². The molecule has 0 spiro atoms. The van der Waals surface area contributed by atoms with Gasteiger partial charge in [-0.25, -0.2) is 4.98 Å². The first-order valence-electron chi connectivity index (χ1n) is 10.7. The molecule has 9 heteroatoms. The molecule has 1 N–H and O–H groups in total. The number of thiazole rings is 1. The van der Waals surface area contributed by atoms with Gasteiger partial charge >= 0.3 is 11.0 Å². The average Bonchev–Trinajstić information content (AvgIpc) is 3.22. The van der Waals surface area contributed by atoms with E-state index in [0.717, 1.165) is 36.8 Å².